The molecular formula is C23H22O6. The molecule has 0 spiro atoms. The number of benzene rings is 2. The molecule has 150 valence electrons. The van der Waals surface area contributed by atoms with Gasteiger partial charge in [-0.2, -0.15) is 0 Å². The Kier molecular flexibility index (Phi) is 8.38. The van der Waals surface area contributed by atoms with Crippen molar-refractivity contribution < 1.29 is 28.6 Å². The number of ether oxygens (including phenoxy) is 3. The Bertz CT molecular complexity index is 865. The molecule has 0 amide bonds. The molecule has 0 aromatic heterocycles. The molecule has 6 nitrogen and oxygen atoms in total. The summed E-state index contributed by atoms with van der Waals surface area (Å²) in [6.45, 7) is 7.54. The van der Waals surface area contributed by atoms with E-state index in [0.717, 1.165) is 12.5 Å². The Morgan fingerprint density at radius 2 is 1.34 bits per heavy atom. The standard InChI is InChI=1S/C23H22O6/c1-3-21(24)17-7-13-20(14-8-17)29-23(26)18-9-11-19(12-10-18)27-15-5-6-16-28-22(25)4-2/h3-4,7-14H,1-2,5-6,15-16H2. The molecule has 0 aliphatic carbocycles. The summed E-state index contributed by atoms with van der Waals surface area (Å²) in [6, 6.07) is 12.8. The monoisotopic (exact) mass is 394 g/mol. The molecule has 2 aromatic carbocycles. The fourth-order valence-corrected chi connectivity index (χ4v) is 2.28. The lowest BCUT2D eigenvalue weighted by molar-refractivity contribution is -0.137. The number of hydrogen-bond donors (Lipinski definition) is 0. The summed E-state index contributed by atoms with van der Waals surface area (Å²) in [5, 5.41) is 0. The Morgan fingerprint density at radius 3 is 1.97 bits per heavy atom. The fourth-order valence-electron chi connectivity index (χ4n) is 2.28. The SMILES string of the molecule is C=CC(=O)OCCCCOc1ccc(C(=O)Oc2ccc(C(=O)C=C)cc2)cc1. The van der Waals surface area contributed by atoms with E-state index in [2.05, 4.69) is 13.2 Å². The number of carbonyl (C=O) groups excluding carboxylic acids is 3. The van der Waals surface area contributed by atoms with Crippen molar-refractivity contribution in [2.24, 2.45) is 0 Å². The average molecular weight is 394 g/mol. The van der Waals surface area contributed by atoms with Gasteiger partial charge in [0.1, 0.15) is 11.5 Å². The van der Waals surface area contributed by atoms with Gasteiger partial charge in [-0.1, -0.05) is 13.2 Å². The minimum atomic E-state index is -0.511. The molecule has 0 bridgehead atoms. The van der Waals surface area contributed by atoms with Crippen LogP contribution in [0.1, 0.15) is 33.6 Å². The second-order valence-electron chi connectivity index (χ2n) is 5.93. The maximum absolute atomic E-state index is 12.2. The third kappa shape index (κ3) is 7.10. The lowest BCUT2D eigenvalue weighted by Gasteiger charge is -2.08. The third-order valence-electron chi connectivity index (χ3n) is 3.84. The van der Waals surface area contributed by atoms with Gasteiger partial charge in [-0.25, -0.2) is 9.59 Å². The predicted octanol–water partition coefficient (Wildman–Crippen LogP) is 4.16. The van der Waals surface area contributed by atoms with Crippen molar-refractivity contribution in [2.45, 2.75) is 12.8 Å². The molecule has 0 aliphatic heterocycles. The first kappa shape index (κ1) is 21.6. The highest BCUT2D eigenvalue weighted by Gasteiger charge is 2.10. The summed E-state index contributed by atoms with van der Waals surface area (Å²) >= 11 is 0. The van der Waals surface area contributed by atoms with E-state index in [9.17, 15) is 14.4 Å². The second-order valence-corrected chi connectivity index (χ2v) is 5.93. The zero-order chi connectivity index (χ0) is 21.1. The molecule has 2 aromatic rings. The van der Waals surface area contributed by atoms with Crippen LogP contribution in [0.25, 0.3) is 0 Å². The van der Waals surface area contributed by atoms with Gasteiger partial charge in [0.2, 0.25) is 0 Å². The molecule has 6 heteroatoms. The first-order chi connectivity index (χ1) is 14.0. The molecular weight excluding hydrogens is 372 g/mol. The highest BCUT2D eigenvalue weighted by molar-refractivity contribution is 6.04. The van der Waals surface area contributed by atoms with E-state index in [1.165, 1.54) is 6.08 Å². The van der Waals surface area contributed by atoms with E-state index < -0.39 is 11.9 Å². The van der Waals surface area contributed by atoms with E-state index in [-0.39, 0.29) is 5.78 Å². The van der Waals surface area contributed by atoms with E-state index in [1.807, 2.05) is 0 Å². The summed E-state index contributed by atoms with van der Waals surface area (Å²) in [5.74, 6) is -0.181. The highest BCUT2D eigenvalue weighted by atomic mass is 16.5. The van der Waals surface area contributed by atoms with Crippen molar-refractivity contribution in [1.29, 1.82) is 0 Å². The molecule has 0 atom stereocenters. The molecule has 0 heterocycles. The van der Waals surface area contributed by atoms with Crippen molar-refractivity contribution in [1.82, 2.24) is 0 Å². The van der Waals surface area contributed by atoms with Gasteiger partial charge in [-0.3, -0.25) is 4.79 Å². The summed E-state index contributed by atoms with van der Waals surface area (Å²) in [7, 11) is 0. The van der Waals surface area contributed by atoms with E-state index in [0.29, 0.717) is 42.3 Å². The van der Waals surface area contributed by atoms with Crippen LogP contribution in [0.2, 0.25) is 0 Å². The molecule has 0 saturated carbocycles. The van der Waals surface area contributed by atoms with E-state index >= 15 is 0 Å². The van der Waals surface area contributed by atoms with Gasteiger partial charge in [-0.15, -0.1) is 0 Å². The number of allylic oxidation sites excluding steroid dienone is 1. The van der Waals surface area contributed by atoms with Gasteiger partial charge >= 0.3 is 11.9 Å². The van der Waals surface area contributed by atoms with Gasteiger partial charge < -0.3 is 14.2 Å². The van der Waals surface area contributed by atoms with Crippen molar-refractivity contribution in [3.8, 4) is 11.5 Å². The van der Waals surface area contributed by atoms with Crippen molar-refractivity contribution >= 4 is 17.7 Å². The van der Waals surface area contributed by atoms with Crippen LogP contribution in [0.4, 0.5) is 0 Å². The van der Waals surface area contributed by atoms with Gasteiger partial charge in [0.05, 0.1) is 18.8 Å². The van der Waals surface area contributed by atoms with Crippen LogP contribution < -0.4 is 9.47 Å². The van der Waals surface area contributed by atoms with Gasteiger partial charge in [0.15, 0.2) is 5.78 Å². The van der Waals surface area contributed by atoms with Crippen LogP contribution in [-0.2, 0) is 9.53 Å². The average Bonchev–Trinajstić information content (AvgIpc) is 2.76. The number of unbranched alkanes of at least 4 members (excludes halogenated alkanes) is 1. The minimum absolute atomic E-state index is 0.198. The Labute approximate surface area is 169 Å². The normalized spacial score (nSPS) is 9.93. The van der Waals surface area contributed by atoms with E-state index in [4.69, 9.17) is 14.2 Å². The molecule has 2 rings (SSSR count). The fraction of sp³-hybridized carbons (Fsp3) is 0.174. The summed E-state index contributed by atoms with van der Waals surface area (Å²) in [6.07, 6.45) is 3.75. The van der Waals surface area contributed by atoms with Crippen LogP contribution in [-0.4, -0.2) is 30.9 Å². The minimum Gasteiger partial charge on any atom is -0.494 e. The molecule has 0 unspecified atom stereocenters. The lowest BCUT2D eigenvalue weighted by Crippen LogP contribution is -2.08. The van der Waals surface area contributed by atoms with Gasteiger partial charge in [0.25, 0.3) is 0 Å². The number of ketones is 1. The number of carbonyl (C=O) groups is 3. The molecule has 0 aliphatic rings. The smallest absolute Gasteiger partial charge is 0.343 e. The zero-order valence-electron chi connectivity index (χ0n) is 16.0. The summed E-state index contributed by atoms with van der Waals surface area (Å²) in [5.41, 5.74) is 0.847. The van der Waals surface area contributed by atoms with Gasteiger partial charge in [-0.05, 0) is 67.4 Å². The van der Waals surface area contributed by atoms with Crippen molar-refractivity contribution in [3.05, 3.63) is 85.0 Å². The first-order valence-corrected chi connectivity index (χ1v) is 9.04. The molecule has 0 radical (unpaired) electrons. The van der Waals surface area contributed by atoms with Crippen molar-refractivity contribution in [3.63, 3.8) is 0 Å². The Hall–Kier alpha value is -3.67. The Balaban J connectivity index is 1.78. The van der Waals surface area contributed by atoms with Crippen LogP contribution >= 0.6 is 0 Å². The van der Waals surface area contributed by atoms with Crippen LogP contribution in [0.3, 0.4) is 0 Å². The zero-order valence-corrected chi connectivity index (χ0v) is 16.0. The number of rotatable bonds is 11. The maximum Gasteiger partial charge on any atom is 0.343 e. The Morgan fingerprint density at radius 1 is 0.759 bits per heavy atom. The lowest BCUT2D eigenvalue weighted by atomic mass is 10.1. The number of hydrogen-bond acceptors (Lipinski definition) is 6. The topological polar surface area (TPSA) is 78.9 Å². The quantitative estimate of drug-likeness (QED) is 0.187. The summed E-state index contributed by atoms with van der Waals surface area (Å²) in [4.78, 5) is 34.6. The van der Waals surface area contributed by atoms with Crippen LogP contribution in [0.15, 0.2) is 73.8 Å². The highest BCUT2D eigenvalue weighted by Crippen LogP contribution is 2.17. The third-order valence-corrected chi connectivity index (χ3v) is 3.84. The largest absolute Gasteiger partial charge is 0.494 e. The molecule has 29 heavy (non-hydrogen) atoms. The maximum atomic E-state index is 12.2. The van der Waals surface area contributed by atoms with Crippen LogP contribution in [0.5, 0.6) is 11.5 Å². The van der Waals surface area contributed by atoms with Crippen molar-refractivity contribution in [2.75, 3.05) is 13.2 Å². The number of esters is 2. The first-order valence-electron chi connectivity index (χ1n) is 9.04. The molecule has 0 N–H and O–H groups in total. The van der Waals surface area contributed by atoms with Gasteiger partial charge in [0, 0.05) is 11.6 Å². The van der Waals surface area contributed by atoms with Crippen LogP contribution in [0, 0.1) is 0 Å². The molecule has 0 saturated heterocycles. The molecule has 0 fully saturated rings. The van der Waals surface area contributed by atoms with E-state index in [1.54, 1.807) is 48.5 Å². The predicted molar refractivity (Wildman–Crippen MR) is 108 cm³/mol. The second kappa shape index (κ2) is 11.2. The summed E-state index contributed by atoms with van der Waals surface area (Å²) < 4.78 is 15.8.